The highest BCUT2D eigenvalue weighted by Crippen LogP contribution is 2.16. The average Bonchev–Trinajstić information content (AvgIpc) is 3.11. The molecule has 26 heavy (non-hydrogen) atoms. The van der Waals surface area contributed by atoms with Crippen molar-refractivity contribution >= 4 is 41.3 Å². The van der Waals surface area contributed by atoms with Crippen LogP contribution in [-0.4, -0.2) is 38.3 Å². The van der Waals surface area contributed by atoms with Crippen molar-refractivity contribution in [2.45, 2.75) is 26.4 Å². The van der Waals surface area contributed by atoms with E-state index in [2.05, 4.69) is 39.7 Å². The lowest BCUT2D eigenvalue weighted by Crippen LogP contribution is -2.36. The molecule has 0 spiro atoms. The average molecular weight is 490 g/mol. The van der Waals surface area contributed by atoms with Gasteiger partial charge in [0, 0.05) is 42.7 Å². The highest BCUT2D eigenvalue weighted by atomic mass is 127. The van der Waals surface area contributed by atoms with Crippen LogP contribution in [-0.2, 0) is 24.2 Å². The first-order valence-electron chi connectivity index (χ1n) is 8.34. The summed E-state index contributed by atoms with van der Waals surface area (Å²) in [5.41, 5.74) is 1.06. The molecule has 6 nitrogen and oxygen atoms in total. The second kappa shape index (κ2) is 12.9. The molecule has 0 amide bonds. The number of rotatable bonds is 9. The predicted molar refractivity (Wildman–Crippen MR) is 118 cm³/mol. The summed E-state index contributed by atoms with van der Waals surface area (Å²) in [6.07, 6.45) is 2.88. The molecule has 2 N–H and O–H groups in total. The fourth-order valence-corrected chi connectivity index (χ4v) is 3.01. The fraction of sp³-hybridized carbons (Fsp3) is 0.444. The molecule has 8 heteroatoms. The molecular weight excluding hydrogens is 463 g/mol. The van der Waals surface area contributed by atoms with Gasteiger partial charge in [0.15, 0.2) is 5.96 Å². The summed E-state index contributed by atoms with van der Waals surface area (Å²) >= 11 is 1.83. The van der Waals surface area contributed by atoms with E-state index in [0.29, 0.717) is 25.6 Å². The lowest BCUT2D eigenvalue weighted by Gasteiger charge is -2.11. The minimum atomic E-state index is 0. The zero-order chi connectivity index (χ0) is 17.9. The van der Waals surface area contributed by atoms with Crippen LogP contribution in [0, 0.1) is 0 Å². The van der Waals surface area contributed by atoms with Gasteiger partial charge in [0.25, 0.3) is 0 Å². The van der Waals surface area contributed by atoms with Gasteiger partial charge < -0.3 is 20.1 Å². The van der Waals surface area contributed by atoms with Gasteiger partial charge in [-0.05, 0) is 24.1 Å². The summed E-state index contributed by atoms with van der Waals surface area (Å²) in [6, 6.07) is 8.19. The standard InChI is InChI=1S/C18H26N4O2S.HI/c1-4-15-6-7-16(25-15)13-22-18(19-2)21-12-14-5-8-17(20-11-14)24-10-9-23-3;/h5-8,11H,4,9-10,12-13H2,1-3H3,(H2,19,21,22);1H. The Kier molecular flexibility index (Phi) is 11.2. The molecule has 144 valence electrons. The van der Waals surface area contributed by atoms with Crippen LogP contribution in [0.1, 0.15) is 22.2 Å². The van der Waals surface area contributed by atoms with Crippen LogP contribution in [0.2, 0.25) is 0 Å². The number of nitrogens with one attached hydrogen (secondary N) is 2. The number of hydrogen-bond donors (Lipinski definition) is 2. The van der Waals surface area contributed by atoms with Crippen molar-refractivity contribution in [3.8, 4) is 5.88 Å². The third-order valence-corrected chi connectivity index (χ3v) is 4.74. The molecule has 0 aliphatic carbocycles. The van der Waals surface area contributed by atoms with Gasteiger partial charge in [-0.2, -0.15) is 0 Å². The number of aryl methyl sites for hydroxylation is 1. The Hall–Kier alpha value is -1.39. The largest absolute Gasteiger partial charge is 0.475 e. The van der Waals surface area contributed by atoms with E-state index in [9.17, 15) is 0 Å². The minimum absolute atomic E-state index is 0. The molecule has 0 aliphatic heterocycles. The van der Waals surface area contributed by atoms with Crippen molar-refractivity contribution < 1.29 is 9.47 Å². The van der Waals surface area contributed by atoms with E-state index in [1.54, 1.807) is 20.4 Å². The van der Waals surface area contributed by atoms with E-state index in [1.807, 2.05) is 23.5 Å². The molecular formula is C18H27IN4O2S. The van der Waals surface area contributed by atoms with Crippen LogP contribution in [0.15, 0.2) is 35.5 Å². The van der Waals surface area contributed by atoms with Gasteiger partial charge >= 0.3 is 0 Å². The number of ether oxygens (including phenoxy) is 2. The number of pyridine rings is 1. The summed E-state index contributed by atoms with van der Waals surface area (Å²) in [7, 11) is 3.42. The van der Waals surface area contributed by atoms with E-state index >= 15 is 0 Å². The first-order valence-corrected chi connectivity index (χ1v) is 9.15. The second-order valence-corrected chi connectivity index (χ2v) is 6.60. The van der Waals surface area contributed by atoms with E-state index in [-0.39, 0.29) is 24.0 Å². The second-order valence-electron chi connectivity index (χ2n) is 5.35. The minimum Gasteiger partial charge on any atom is -0.475 e. The maximum atomic E-state index is 5.46. The zero-order valence-electron chi connectivity index (χ0n) is 15.4. The Balaban J connectivity index is 0.00000338. The van der Waals surface area contributed by atoms with E-state index in [1.165, 1.54) is 9.75 Å². The van der Waals surface area contributed by atoms with Gasteiger partial charge in [-0.15, -0.1) is 35.3 Å². The number of hydrogen-bond acceptors (Lipinski definition) is 5. The van der Waals surface area contributed by atoms with Gasteiger partial charge in [-0.1, -0.05) is 13.0 Å². The van der Waals surface area contributed by atoms with Crippen LogP contribution < -0.4 is 15.4 Å². The van der Waals surface area contributed by atoms with E-state index < -0.39 is 0 Å². The lowest BCUT2D eigenvalue weighted by atomic mass is 10.3. The van der Waals surface area contributed by atoms with E-state index in [0.717, 1.165) is 24.5 Å². The van der Waals surface area contributed by atoms with Crippen LogP contribution in [0.4, 0.5) is 0 Å². The topological polar surface area (TPSA) is 67.8 Å². The highest BCUT2D eigenvalue weighted by molar-refractivity contribution is 14.0. The van der Waals surface area contributed by atoms with Gasteiger partial charge in [-0.3, -0.25) is 4.99 Å². The number of nitrogens with zero attached hydrogens (tertiary/aromatic N) is 2. The van der Waals surface area contributed by atoms with Gasteiger partial charge in [-0.25, -0.2) is 4.98 Å². The van der Waals surface area contributed by atoms with Crippen LogP contribution >= 0.6 is 35.3 Å². The number of halogens is 1. The smallest absolute Gasteiger partial charge is 0.213 e. The van der Waals surface area contributed by atoms with Crippen molar-refractivity contribution in [3.63, 3.8) is 0 Å². The first kappa shape index (κ1) is 22.7. The molecule has 0 saturated carbocycles. The maximum Gasteiger partial charge on any atom is 0.213 e. The Labute approximate surface area is 176 Å². The molecule has 2 aromatic rings. The quantitative estimate of drug-likeness (QED) is 0.245. The van der Waals surface area contributed by atoms with Gasteiger partial charge in [0.05, 0.1) is 13.2 Å². The number of aromatic nitrogens is 1. The van der Waals surface area contributed by atoms with Gasteiger partial charge in [0.1, 0.15) is 6.61 Å². The molecule has 0 saturated heterocycles. The molecule has 2 heterocycles. The molecule has 0 bridgehead atoms. The molecule has 0 aliphatic rings. The van der Waals surface area contributed by atoms with Gasteiger partial charge in [0.2, 0.25) is 5.88 Å². The first-order chi connectivity index (χ1) is 12.2. The maximum absolute atomic E-state index is 5.46. The monoisotopic (exact) mass is 490 g/mol. The molecule has 0 fully saturated rings. The lowest BCUT2D eigenvalue weighted by molar-refractivity contribution is 0.143. The third kappa shape index (κ3) is 7.88. The summed E-state index contributed by atoms with van der Waals surface area (Å²) in [4.78, 5) is 11.2. The SMILES string of the molecule is CCc1ccc(CNC(=NC)NCc2ccc(OCCOC)nc2)s1.I. The van der Waals surface area contributed by atoms with Crippen molar-refractivity contribution in [1.29, 1.82) is 0 Å². The van der Waals surface area contributed by atoms with Crippen LogP contribution in [0.3, 0.4) is 0 Å². The molecule has 0 radical (unpaired) electrons. The highest BCUT2D eigenvalue weighted by Gasteiger charge is 2.02. The predicted octanol–water partition coefficient (Wildman–Crippen LogP) is 3.21. The molecule has 0 atom stereocenters. The number of methoxy groups -OCH3 is 1. The summed E-state index contributed by atoms with van der Waals surface area (Å²) in [6.45, 7) is 4.65. The van der Waals surface area contributed by atoms with Crippen molar-refractivity contribution in [1.82, 2.24) is 15.6 Å². The summed E-state index contributed by atoms with van der Waals surface area (Å²) < 4.78 is 10.4. The zero-order valence-corrected chi connectivity index (χ0v) is 18.6. The van der Waals surface area contributed by atoms with Crippen LogP contribution in [0.25, 0.3) is 0 Å². The Bertz CT molecular complexity index is 661. The van der Waals surface area contributed by atoms with Crippen molar-refractivity contribution in [2.24, 2.45) is 4.99 Å². The normalized spacial score (nSPS) is 11.0. The Morgan fingerprint density at radius 2 is 1.88 bits per heavy atom. The number of thiophene rings is 1. The molecule has 2 rings (SSSR count). The van der Waals surface area contributed by atoms with Crippen molar-refractivity contribution in [3.05, 3.63) is 45.8 Å². The summed E-state index contributed by atoms with van der Waals surface area (Å²) in [5, 5.41) is 6.62. The Morgan fingerprint density at radius 3 is 2.50 bits per heavy atom. The van der Waals surface area contributed by atoms with Crippen LogP contribution in [0.5, 0.6) is 5.88 Å². The van der Waals surface area contributed by atoms with E-state index in [4.69, 9.17) is 9.47 Å². The van der Waals surface area contributed by atoms with Crippen molar-refractivity contribution in [2.75, 3.05) is 27.4 Å². The molecule has 2 aromatic heterocycles. The number of guanidine groups is 1. The third-order valence-electron chi connectivity index (χ3n) is 3.51. The summed E-state index contributed by atoms with van der Waals surface area (Å²) in [5.74, 6) is 1.37. The number of aliphatic imine (C=N–C) groups is 1. The fourth-order valence-electron chi connectivity index (χ4n) is 2.12. The Morgan fingerprint density at radius 1 is 1.12 bits per heavy atom. The molecule has 0 unspecified atom stereocenters. The molecule has 0 aromatic carbocycles.